The fourth-order valence-corrected chi connectivity index (χ4v) is 1.78. The lowest BCUT2D eigenvalue weighted by atomic mass is 10.3. The van der Waals surface area contributed by atoms with Crippen molar-refractivity contribution in [1.82, 2.24) is 20.0 Å². The molecule has 1 rings (SSSR count). The van der Waals surface area contributed by atoms with Crippen LogP contribution >= 0.6 is 0 Å². The van der Waals surface area contributed by atoms with Crippen LogP contribution in [0.4, 0.5) is 0 Å². The molecule has 1 N–H and O–H groups in total. The molecular weight excluding hydrogens is 200 g/mol. The zero-order chi connectivity index (χ0) is 11.8. The van der Waals surface area contributed by atoms with Crippen LogP contribution in [-0.2, 0) is 0 Å². The van der Waals surface area contributed by atoms with E-state index >= 15 is 0 Å². The molecule has 94 valence electrons. The Labute approximate surface area is 99.9 Å². The van der Waals surface area contributed by atoms with Crippen LogP contribution in [0.25, 0.3) is 0 Å². The Morgan fingerprint density at radius 2 is 1.94 bits per heavy atom. The van der Waals surface area contributed by atoms with Crippen LogP contribution < -0.4 is 5.32 Å². The maximum absolute atomic E-state index is 3.73. The lowest BCUT2D eigenvalue weighted by Crippen LogP contribution is -2.46. The number of likely N-dealkylation sites (N-methyl/N-ethyl adjacent to an activating group) is 2. The van der Waals surface area contributed by atoms with Crippen LogP contribution in [0, 0.1) is 0 Å². The summed E-state index contributed by atoms with van der Waals surface area (Å²) < 4.78 is 0. The molecule has 1 aliphatic rings. The molecule has 0 aliphatic carbocycles. The summed E-state index contributed by atoms with van der Waals surface area (Å²) in [5, 5.41) is 3.46. The number of hydrogen-bond donors (Lipinski definition) is 1. The first-order chi connectivity index (χ1) is 7.72. The molecule has 1 aliphatic heterocycles. The van der Waals surface area contributed by atoms with Crippen molar-refractivity contribution in [2.75, 3.05) is 66.5 Å². The minimum absolute atomic E-state index is 1.03. The minimum Gasteiger partial charge on any atom is -0.380 e. The predicted octanol–water partition coefficient (Wildman–Crippen LogP) is -0.101. The fourth-order valence-electron chi connectivity index (χ4n) is 1.78. The molecule has 0 saturated carbocycles. The Morgan fingerprint density at radius 3 is 2.56 bits per heavy atom. The van der Waals surface area contributed by atoms with E-state index in [9.17, 15) is 0 Å². The van der Waals surface area contributed by atoms with E-state index in [1.165, 1.54) is 32.7 Å². The maximum atomic E-state index is 3.73. The summed E-state index contributed by atoms with van der Waals surface area (Å²) in [6.45, 7) is 12.9. The molecule has 0 aromatic rings. The summed E-state index contributed by atoms with van der Waals surface area (Å²) >= 11 is 0. The third-order valence-electron chi connectivity index (χ3n) is 3.15. The normalized spacial score (nSPS) is 18.6. The first-order valence-corrected chi connectivity index (χ1v) is 6.17. The largest absolute Gasteiger partial charge is 0.380 e. The number of piperazine rings is 1. The van der Waals surface area contributed by atoms with Gasteiger partial charge in [0.1, 0.15) is 0 Å². The highest BCUT2D eigenvalue weighted by atomic mass is 15.2. The van der Waals surface area contributed by atoms with Gasteiger partial charge >= 0.3 is 0 Å². The SMILES string of the molecule is C=CN(C)CCNCCN1CCN(C)CC1. The maximum Gasteiger partial charge on any atom is 0.0294 e. The Morgan fingerprint density at radius 1 is 1.25 bits per heavy atom. The van der Waals surface area contributed by atoms with E-state index in [-0.39, 0.29) is 0 Å². The molecule has 1 fully saturated rings. The zero-order valence-corrected chi connectivity index (χ0v) is 10.8. The fraction of sp³-hybridized carbons (Fsp3) is 0.833. The van der Waals surface area contributed by atoms with Gasteiger partial charge in [-0.05, 0) is 13.2 Å². The molecule has 0 aromatic carbocycles. The van der Waals surface area contributed by atoms with Crippen LogP contribution in [0.3, 0.4) is 0 Å². The number of hydrogen-bond acceptors (Lipinski definition) is 4. The molecule has 1 heterocycles. The van der Waals surface area contributed by atoms with Crippen molar-refractivity contribution in [1.29, 1.82) is 0 Å². The van der Waals surface area contributed by atoms with E-state index in [1.54, 1.807) is 0 Å². The molecule has 0 radical (unpaired) electrons. The van der Waals surface area contributed by atoms with Crippen LogP contribution in [0.5, 0.6) is 0 Å². The average Bonchev–Trinajstić information content (AvgIpc) is 2.31. The third kappa shape index (κ3) is 5.49. The molecule has 0 bridgehead atoms. The van der Waals surface area contributed by atoms with Gasteiger partial charge in [-0.15, -0.1) is 0 Å². The summed E-state index contributed by atoms with van der Waals surface area (Å²) in [7, 11) is 4.25. The summed E-state index contributed by atoms with van der Waals surface area (Å²) in [6.07, 6.45) is 1.86. The van der Waals surface area contributed by atoms with Gasteiger partial charge in [-0.1, -0.05) is 6.58 Å². The van der Waals surface area contributed by atoms with Gasteiger partial charge in [-0.25, -0.2) is 0 Å². The van der Waals surface area contributed by atoms with Crippen molar-refractivity contribution >= 4 is 0 Å². The molecule has 0 spiro atoms. The lowest BCUT2D eigenvalue weighted by molar-refractivity contribution is 0.154. The quantitative estimate of drug-likeness (QED) is 0.612. The summed E-state index contributed by atoms with van der Waals surface area (Å²) in [6, 6.07) is 0. The Kier molecular flexibility index (Phi) is 6.45. The average molecular weight is 226 g/mol. The van der Waals surface area contributed by atoms with Gasteiger partial charge in [0.15, 0.2) is 0 Å². The Bertz CT molecular complexity index is 187. The van der Waals surface area contributed by atoms with Crippen molar-refractivity contribution in [2.45, 2.75) is 0 Å². The van der Waals surface area contributed by atoms with E-state index in [0.717, 1.165) is 19.6 Å². The lowest BCUT2D eigenvalue weighted by Gasteiger charge is -2.32. The van der Waals surface area contributed by atoms with Crippen LogP contribution in [0.15, 0.2) is 12.8 Å². The highest BCUT2D eigenvalue weighted by Gasteiger charge is 2.12. The predicted molar refractivity (Wildman–Crippen MR) is 69.6 cm³/mol. The zero-order valence-electron chi connectivity index (χ0n) is 10.8. The van der Waals surface area contributed by atoms with Gasteiger partial charge in [-0.3, -0.25) is 4.90 Å². The van der Waals surface area contributed by atoms with E-state index in [0.29, 0.717) is 0 Å². The van der Waals surface area contributed by atoms with Crippen LogP contribution in [0.2, 0.25) is 0 Å². The van der Waals surface area contributed by atoms with E-state index in [2.05, 4.69) is 40.7 Å². The molecule has 16 heavy (non-hydrogen) atoms. The standard InChI is InChI=1S/C12H26N4/c1-4-14(2)7-5-13-6-8-16-11-9-15(3)10-12-16/h4,13H,1,5-12H2,2-3H3. The molecule has 0 aromatic heterocycles. The van der Waals surface area contributed by atoms with Crippen molar-refractivity contribution in [2.24, 2.45) is 0 Å². The second kappa shape index (κ2) is 7.65. The topological polar surface area (TPSA) is 21.8 Å². The highest BCUT2D eigenvalue weighted by molar-refractivity contribution is 4.70. The van der Waals surface area contributed by atoms with Gasteiger partial charge in [0.2, 0.25) is 0 Å². The first-order valence-electron chi connectivity index (χ1n) is 6.17. The minimum atomic E-state index is 1.03. The Hall–Kier alpha value is -0.580. The van der Waals surface area contributed by atoms with Crippen molar-refractivity contribution in [3.05, 3.63) is 12.8 Å². The number of nitrogens with one attached hydrogen (secondary N) is 1. The van der Waals surface area contributed by atoms with Gasteiger partial charge in [0, 0.05) is 59.4 Å². The Balaban J connectivity index is 1.93. The van der Waals surface area contributed by atoms with Crippen LogP contribution in [0.1, 0.15) is 0 Å². The molecule has 1 saturated heterocycles. The molecular formula is C12H26N4. The van der Waals surface area contributed by atoms with Crippen LogP contribution in [-0.4, -0.2) is 81.2 Å². The van der Waals surface area contributed by atoms with Gasteiger partial charge in [0.05, 0.1) is 0 Å². The number of nitrogens with zero attached hydrogens (tertiary/aromatic N) is 3. The second-order valence-electron chi connectivity index (χ2n) is 4.56. The summed E-state index contributed by atoms with van der Waals surface area (Å²) in [5.74, 6) is 0. The third-order valence-corrected chi connectivity index (χ3v) is 3.15. The van der Waals surface area contributed by atoms with Gasteiger partial charge < -0.3 is 15.1 Å². The van der Waals surface area contributed by atoms with Crippen molar-refractivity contribution in [3.63, 3.8) is 0 Å². The molecule has 4 heteroatoms. The second-order valence-corrected chi connectivity index (χ2v) is 4.56. The van der Waals surface area contributed by atoms with Gasteiger partial charge in [-0.2, -0.15) is 0 Å². The highest BCUT2D eigenvalue weighted by Crippen LogP contribution is 1.97. The van der Waals surface area contributed by atoms with E-state index in [4.69, 9.17) is 0 Å². The van der Waals surface area contributed by atoms with Crippen molar-refractivity contribution in [3.8, 4) is 0 Å². The van der Waals surface area contributed by atoms with Gasteiger partial charge in [0.25, 0.3) is 0 Å². The molecule has 0 unspecified atom stereocenters. The van der Waals surface area contributed by atoms with E-state index in [1.807, 2.05) is 6.20 Å². The first kappa shape index (κ1) is 13.5. The molecule has 0 atom stereocenters. The summed E-state index contributed by atoms with van der Waals surface area (Å²) in [5.41, 5.74) is 0. The number of rotatable bonds is 7. The monoisotopic (exact) mass is 226 g/mol. The molecule has 4 nitrogen and oxygen atoms in total. The van der Waals surface area contributed by atoms with Crippen molar-refractivity contribution < 1.29 is 0 Å². The smallest absolute Gasteiger partial charge is 0.0294 e. The summed E-state index contributed by atoms with van der Waals surface area (Å²) in [4.78, 5) is 7.02. The van der Waals surface area contributed by atoms with E-state index < -0.39 is 0 Å². The molecule has 0 amide bonds.